The van der Waals surface area contributed by atoms with E-state index in [9.17, 15) is 19.8 Å². The molecule has 216 valence electrons. The van der Waals surface area contributed by atoms with Crippen molar-refractivity contribution in [3.05, 3.63) is 27.0 Å². The van der Waals surface area contributed by atoms with Crippen LogP contribution in [-0.4, -0.2) is 107 Å². The number of halogens is 1. The second-order valence-corrected chi connectivity index (χ2v) is 12.6. The molecule has 2 saturated heterocycles. The number of amides is 1. The molecule has 0 saturated carbocycles. The minimum absolute atomic E-state index is 0.0581. The number of ether oxygens (including phenoxy) is 2. The summed E-state index contributed by atoms with van der Waals surface area (Å²) >= 11 is 7.59. The Bertz CT molecular complexity index is 1180. The van der Waals surface area contributed by atoms with E-state index in [1.807, 2.05) is 31.0 Å². The van der Waals surface area contributed by atoms with Crippen LogP contribution in [0.5, 0.6) is 5.75 Å². The van der Waals surface area contributed by atoms with Crippen molar-refractivity contribution < 1.29 is 29.3 Å². The van der Waals surface area contributed by atoms with E-state index in [4.69, 9.17) is 26.2 Å². The van der Waals surface area contributed by atoms with Crippen molar-refractivity contribution in [3.8, 4) is 5.75 Å². The van der Waals surface area contributed by atoms with E-state index in [1.54, 1.807) is 23.6 Å². The first-order valence-electron chi connectivity index (χ1n) is 13.1. The van der Waals surface area contributed by atoms with E-state index in [-0.39, 0.29) is 36.9 Å². The highest BCUT2D eigenvalue weighted by atomic mass is 35.5. The van der Waals surface area contributed by atoms with Gasteiger partial charge < -0.3 is 29.5 Å². The zero-order valence-electron chi connectivity index (χ0n) is 23.1. The third kappa shape index (κ3) is 6.10. The summed E-state index contributed by atoms with van der Waals surface area (Å²) in [5.41, 5.74) is -0.563. The zero-order chi connectivity index (χ0) is 28.5. The molecule has 2 aliphatic heterocycles. The Balaban J connectivity index is 1.68. The normalized spacial score (nSPS) is 22.4. The summed E-state index contributed by atoms with van der Waals surface area (Å²) in [5, 5.41) is 25.7. The van der Waals surface area contributed by atoms with Gasteiger partial charge >= 0.3 is 0 Å². The Kier molecular flexibility index (Phi) is 9.24. The van der Waals surface area contributed by atoms with Crippen molar-refractivity contribution in [3.63, 3.8) is 0 Å². The highest BCUT2D eigenvalue weighted by molar-refractivity contribution is 7.16. The van der Waals surface area contributed by atoms with Crippen molar-refractivity contribution in [2.45, 2.75) is 51.9 Å². The van der Waals surface area contributed by atoms with Gasteiger partial charge in [0.25, 0.3) is 5.91 Å². The number of aliphatic hydroxyl groups is 2. The minimum Gasteiger partial charge on any atom is -0.491 e. The fourth-order valence-electron chi connectivity index (χ4n) is 5.15. The molecule has 0 radical (unpaired) electrons. The first-order chi connectivity index (χ1) is 18.5. The van der Waals surface area contributed by atoms with Crippen molar-refractivity contribution in [1.29, 1.82) is 0 Å². The Labute approximate surface area is 237 Å². The van der Waals surface area contributed by atoms with E-state index < -0.39 is 11.6 Å². The maximum Gasteiger partial charge on any atom is 0.256 e. The molecule has 4 rings (SSSR count). The molecule has 0 spiro atoms. The molecular weight excluding hydrogens is 546 g/mol. The molecule has 13 heteroatoms. The average molecular weight is 584 g/mol. The Morgan fingerprint density at radius 2 is 2.00 bits per heavy atom. The molecule has 2 fully saturated rings. The zero-order valence-corrected chi connectivity index (χ0v) is 24.7. The molecule has 3 unspecified atom stereocenters. The van der Waals surface area contributed by atoms with Gasteiger partial charge in [-0.05, 0) is 39.3 Å². The second-order valence-electron chi connectivity index (χ2n) is 10.8. The number of thiophene rings is 1. The molecule has 0 bridgehead atoms. The van der Waals surface area contributed by atoms with Crippen LogP contribution in [0.2, 0.25) is 4.34 Å². The number of carbonyl (C=O) groups is 2. The summed E-state index contributed by atoms with van der Waals surface area (Å²) < 4.78 is 13.2. The number of aliphatic hydroxyl groups excluding tert-OH is 2. The van der Waals surface area contributed by atoms with Gasteiger partial charge in [0.15, 0.2) is 11.6 Å². The average Bonchev–Trinajstić information content (AvgIpc) is 3.59. The van der Waals surface area contributed by atoms with Crippen molar-refractivity contribution in [1.82, 2.24) is 19.6 Å². The predicted molar refractivity (Wildman–Crippen MR) is 149 cm³/mol. The number of anilines is 1. The smallest absolute Gasteiger partial charge is 0.256 e. The maximum absolute atomic E-state index is 13.6. The highest BCUT2D eigenvalue weighted by Crippen LogP contribution is 2.44. The molecule has 3 atom stereocenters. The van der Waals surface area contributed by atoms with Crippen LogP contribution in [0.4, 0.5) is 5.82 Å². The molecule has 4 heterocycles. The molecule has 0 aromatic carbocycles. The van der Waals surface area contributed by atoms with Crippen LogP contribution in [0.15, 0.2) is 12.1 Å². The van der Waals surface area contributed by atoms with E-state index in [0.29, 0.717) is 60.9 Å². The second kappa shape index (κ2) is 12.1. The topological polar surface area (TPSA) is 121 Å². The lowest BCUT2D eigenvalue weighted by molar-refractivity contribution is -0.139. The fraction of sp³-hybridized carbons (Fsp3) is 0.654. The van der Waals surface area contributed by atoms with Crippen LogP contribution in [0.25, 0.3) is 0 Å². The molecule has 2 aromatic rings. The van der Waals surface area contributed by atoms with Gasteiger partial charge in [-0.3, -0.25) is 14.5 Å². The minimum atomic E-state index is -1.09. The number of methoxy groups -OCH3 is 1. The lowest BCUT2D eigenvalue weighted by atomic mass is 9.94. The lowest BCUT2D eigenvalue weighted by Gasteiger charge is -2.31. The van der Waals surface area contributed by atoms with E-state index in [1.165, 1.54) is 23.1 Å². The highest BCUT2D eigenvalue weighted by Gasteiger charge is 2.44. The quantitative estimate of drug-likeness (QED) is 0.458. The summed E-state index contributed by atoms with van der Waals surface area (Å²) in [6.45, 7) is 7.52. The Hall–Kier alpha value is -2.22. The van der Waals surface area contributed by atoms with Gasteiger partial charge in [0.05, 0.1) is 49.8 Å². The summed E-state index contributed by atoms with van der Waals surface area (Å²) in [6.07, 6.45) is -0.532. The van der Waals surface area contributed by atoms with Crippen LogP contribution in [0.1, 0.15) is 48.5 Å². The van der Waals surface area contributed by atoms with Crippen molar-refractivity contribution >= 4 is 40.6 Å². The first-order valence-corrected chi connectivity index (χ1v) is 14.2. The van der Waals surface area contributed by atoms with Gasteiger partial charge in [-0.15, -0.1) is 11.3 Å². The lowest BCUT2D eigenvalue weighted by Crippen LogP contribution is -2.48. The molecular formula is C26H38ClN5O6S. The number of morpholine rings is 1. The van der Waals surface area contributed by atoms with Crippen LogP contribution in [-0.2, 0) is 16.1 Å². The van der Waals surface area contributed by atoms with E-state index >= 15 is 0 Å². The monoisotopic (exact) mass is 583 g/mol. The first kappa shape index (κ1) is 29.8. The van der Waals surface area contributed by atoms with Gasteiger partial charge in [-0.25, -0.2) is 0 Å². The predicted octanol–water partition coefficient (Wildman–Crippen LogP) is 2.26. The number of hydrogen-bond acceptors (Lipinski definition) is 10. The fourth-order valence-corrected chi connectivity index (χ4v) is 6.29. The third-order valence-electron chi connectivity index (χ3n) is 7.58. The van der Waals surface area contributed by atoms with Gasteiger partial charge in [0.1, 0.15) is 11.9 Å². The SMILES string of the molecule is COc1c(C2CC(O)N(CC(=O)N3CCOCC3)C2C)nn(C(=O)C(C)(C)CO)c1N(C)Cc1ccc(Cl)s1. The van der Waals surface area contributed by atoms with Gasteiger partial charge in [-0.1, -0.05) is 11.6 Å². The number of likely N-dealkylation sites (tertiary alicyclic amines) is 1. The van der Waals surface area contributed by atoms with Crippen molar-refractivity contribution in [2.75, 3.05) is 58.5 Å². The number of carbonyl (C=O) groups excluding carboxylic acids is 2. The van der Waals surface area contributed by atoms with Crippen LogP contribution >= 0.6 is 22.9 Å². The largest absolute Gasteiger partial charge is 0.491 e. The summed E-state index contributed by atoms with van der Waals surface area (Å²) in [5.74, 6) is 0.131. The van der Waals surface area contributed by atoms with Crippen LogP contribution in [0.3, 0.4) is 0 Å². The molecule has 2 aliphatic rings. The summed E-state index contributed by atoms with van der Waals surface area (Å²) in [6, 6.07) is 3.50. The Morgan fingerprint density at radius 1 is 1.31 bits per heavy atom. The standard InChI is InChI=1S/C26H38ClN5O6S/c1-16-18(12-20(34)31(16)14-21(35)30-8-10-38-11-9-30)22-23(37-5)24(29(4)13-17-6-7-19(27)39-17)32(28-22)25(36)26(2,3)15-33/h6-7,16,18,20,33-34H,8-15H2,1-5H3. The molecule has 2 aromatic heterocycles. The van der Waals surface area contributed by atoms with E-state index in [2.05, 4.69) is 0 Å². The number of aromatic nitrogens is 2. The van der Waals surface area contributed by atoms with Gasteiger partial charge in [-0.2, -0.15) is 9.78 Å². The molecule has 1 amide bonds. The number of rotatable bonds is 9. The molecule has 39 heavy (non-hydrogen) atoms. The Morgan fingerprint density at radius 3 is 2.59 bits per heavy atom. The van der Waals surface area contributed by atoms with E-state index in [0.717, 1.165) is 4.88 Å². The number of nitrogens with zero attached hydrogens (tertiary/aromatic N) is 5. The van der Waals surface area contributed by atoms with Gasteiger partial charge in [0, 0.05) is 37.0 Å². The van der Waals surface area contributed by atoms with Crippen molar-refractivity contribution in [2.24, 2.45) is 5.41 Å². The van der Waals surface area contributed by atoms with Crippen LogP contribution < -0.4 is 9.64 Å². The summed E-state index contributed by atoms with van der Waals surface area (Å²) in [7, 11) is 3.37. The molecule has 0 aliphatic carbocycles. The summed E-state index contributed by atoms with van der Waals surface area (Å²) in [4.78, 5) is 33.0. The van der Waals surface area contributed by atoms with Gasteiger partial charge in [0.2, 0.25) is 5.91 Å². The molecule has 2 N–H and O–H groups in total. The van der Waals surface area contributed by atoms with Crippen LogP contribution in [0, 0.1) is 5.41 Å². The third-order valence-corrected chi connectivity index (χ3v) is 8.80. The maximum atomic E-state index is 13.6. The number of hydrogen-bond donors (Lipinski definition) is 2. The molecule has 11 nitrogen and oxygen atoms in total.